The van der Waals surface area contributed by atoms with Crippen molar-refractivity contribution in [3.63, 3.8) is 0 Å². The van der Waals surface area contributed by atoms with Gasteiger partial charge in [0.2, 0.25) is 11.0 Å². The molecule has 4 heterocycles. The van der Waals surface area contributed by atoms with Gasteiger partial charge in [-0.2, -0.15) is 0 Å². The number of rotatable bonds is 5. The zero-order valence-corrected chi connectivity index (χ0v) is 21.3. The Labute approximate surface area is 211 Å². The zero-order valence-electron chi connectivity index (χ0n) is 18.9. The molecule has 3 aliphatic rings. The third-order valence-electron chi connectivity index (χ3n) is 6.16. The Morgan fingerprint density at radius 2 is 2.24 bits per heavy atom. The molecule has 1 amide bonds. The van der Waals surface area contributed by atoms with Gasteiger partial charge in [0.05, 0.1) is 29.5 Å². The molecule has 2 saturated heterocycles. The molecule has 180 valence electrons. The van der Waals surface area contributed by atoms with E-state index in [-0.39, 0.29) is 18.0 Å². The molecule has 34 heavy (non-hydrogen) atoms. The highest BCUT2D eigenvalue weighted by molar-refractivity contribution is 9.10. The molecule has 11 heteroatoms. The fourth-order valence-corrected chi connectivity index (χ4v) is 5.87. The topological polar surface area (TPSA) is 94.5 Å². The predicted octanol–water partition coefficient (Wildman–Crippen LogP) is 2.52. The van der Waals surface area contributed by atoms with Crippen LogP contribution in [0, 0.1) is 0 Å². The SMILES string of the molecule is C=CC(=O)N1CCC(NC2=NC(CN3CCOCC3)CC(=Nc3nc4ccc(Br)cc4s3)N2)C1. The largest absolute Gasteiger partial charge is 0.379 e. The summed E-state index contributed by atoms with van der Waals surface area (Å²) in [5.74, 6) is 1.54. The number of fused-ring (bicyclic) bond motifs is 1. The summed E-state index contributed by atoms with van der Waals surface area (Å²) in [5, 5.41) is 7.62. The highest BCUT2D eigenvalue weighted by Gasteiger charge is 2.28. The molecule has 9 nitrogen and oxygen atoms in total. The average Bonchev–Trinajstić information content (AvgIpc) is 3.45. The van der Waals surface area contributed by atoms with Gasteiger partial charge in [-0.05, 0) is 30.7 Å². The van der Waals surface area contributed by atoms with Gasteiger partial charge in [0.1, 0.15) is 5.84 Å². The first-order valence-electron chi connectivity index (χ1n) is 11.5. The van der Waals surface area contributed by atoms with Crippen molar-refractivity contribution in [3.05, 3.63) is 35.3 Å². The molecule has 0 spiro atoms. The zero-order chi connectivity index (χ0) is 23.5. The average molecular weight is 546 g/mol. The van der Waals surface area contributed by atoms with Crippen molar-refractivity contribution in [2.24, 2.45) is 9.98 Å². The number of thiazole rings is 1. The molecular formula is C23H28BrN7O2S. The number of aromatic nitrogens is 1. The van der Waals surface area contributed by atoms with Gasteiger partial charge < -0.3 is 20.3 Å². The Morgan fingerprint density at radius 1 is 1.38 bits per heavy atom. The molecule has 2 unspecified atom stereocenters. The maximum absolute atomic E-state index is 12.0. The van der Waals surface area contributed by atoms with Crippen LogP contribution in [0.2, 0.25) is 0 Å². The number of halogens is 1. The van der Waals surface area contributed by atoms with E-state index < -0.39 is 0 Å². The molecule has 5 rings (SSSR count). The smallest absolute Gasteiger partial charge is 0.246 e. The van der Waals surface area contributed by atoms with Crippen LogP contribution in [-0.2, 0) is 9.53 Å². The molecule has 2 fully saturated rings. The van der Waals surface area contributed by atoms with Crippen molar-refractivity contribution in [2.75, 3.05) is 45.9 Å². The Morgan fingerprint density at radius 3 is 3.06 bits per heavy atom. The molecular weight excluding hydrogens is 518 g/mol. The molecule has 0 saturated carbocycles. The fourth-order valence-electron chi connectivity index (χ4n) is 4.46. The van der Waals surface area contributed by atoms with Gasteiger partial charge in [-0.3, -0.25) is 9.69 Å². The first-order valence-corrected chi connectivity index (χ1v) is 13.1. The lowest BCUT2D eigenvalue weighted by molar-refractivity contribution is -0.125. The summed E-state index contributed by atoms with van der Waals surface area (Å²) in [6.45, 7) is 9.17. The number of morpholine rings is 1. The second kappa shape index (κ2) is 10.5. The Hall–Kier alpha value is -2.34. The molecule has 3 aliphatic heterocycles. The standard InChI is InChI=1S/C23H28BrN7O2S/c1-2-21(32)31-6-5-16(14-31)25-22-26-17(13-30-7-9-33-10-8-30)12-20(28-22)29-23-27-18-4-3-15(24)11-19(18)34-23/h2-4,11,16-17H,1,5-10,12-14H2,(H2,25,26,27,28,29). The second-order valence-corrected chi connectivity index (χ2v) is 10.6. The molecule has 2 atom stereocenters. The van der Waals surface area contributed by atoms with E-state index in [1.54, 1.807) is 11.3 Å². The summed E-state index contributed by atoms with van der Waals surface area (Å²) in [6.07, 6.45) is 2.96. The van der Waals surface area contributed by atoms with Gasteiger partial charge in [-0.25, -0.2) is 15.0 Å². The van der Waals surface area contributed by atoms with Crippen LogP contribution in [0.4, 0.5) is 5.13 Å². The second-order valence-electron chi connectivity index (χ2n) is 8.66. The van der Waals surface area contributed by atoms with E-state index in [9.17, 15) is 4.79 Å². The van der Waals surface area contributed by atoms with Gasteiger partial charge in [0.25, 0.3) is 0 Å². The van der Waals surface area contributed by atoms with Gasteiger partial charge in [-0.15, -0.1) is 0 Å². The number of likely N-dealkylation sites (tertiary alicyclic amines) is 1. The number of amides is 1. The van der Waals surface area contributed by atoms with Crippen LogP contribution in [0.15, 0.2) is 45.3 Å². The third kappa shape index (κ3) is 5.65. The number of guanidine groups is 1. The van der Waals surface area contributed by atoms with Crippen LogP contribution in [0.25, 0.3) is 10.2 Å². The summed E-state index contributed by atoms with van der Waals surface area (Å²) >= 11 is 5.10. The minimum atomic E-state index is -0.0299. The molecule has 0 bridgehead atoms. The Kier molecular flexibility index (Phi) is 7.23. The third-order valence-corrected chi connectivity index (χ3v) is 7.57. The molecule has 0 radical (unpaired) electrons. The maximum atomic E-state index is 12.0. The molecule has 1 aromatic heterocycles. The normalized spacial score (nSPS) is 24.8. The van der Waals surface area contributed by atoms with Gasteiger partial charge in [0, 0.05) is 49.7 Å². The summed E-state index contributed by atoms with van der Waals surface area (Å²) in [6, 6.07) is 6.28. The van der Waals surface area contributed by atoms with E-state index in [0.717, 1.165) is 71.5 Å². The van der Waals surface area contributed by atoms with Crippen molar-refractivity contribution < 1.29 is 9.53 Å². The quantitative estimate of drug-likeness (QED) is 0.560. The highest BCUT2D eigenvalue weighted by atomic mass is 79.9. The van der Waals surface area contributed by atoms with E-state index >= 15 is 0 Å². The van der Waals surface area contributed by atoms with Crippen LogP contribution in [0.1, 0.15) is 12.8 Å². The van der Waals surface area contributed by atoms with Gasteiger partial charge >= 0.3 is 0 Å². The van der Waals surface area contributed by atoms with Crippen molar-refractivity contribution in [3.8, 4) is 0 Å². The molecule has 0 aliphatic carbocycles. The van der Waals surface area contributed by atoms with Crippen molar-refractivity contribution in [1.29, 1.82) is 0 Å². The number of carbonyl (C=O) groups is 1. The van der Waals surface area contributed by atoms with E-state index in [0.29, 0.717) is 18.9 Å². The molecule has 1 aromatic carbocycles. The first kappa shape index (κ1) is 23.4. The van der Waals surface area contributed by atoms with Crippen molar-refractivity contribution in [1.82, 2.24) is 25.4 Å². The number of nitrogens with one attached hydrogen (secondary N) is 2. The Bertz CT molecular complexity index is 1130. The maximum Gasteiger partial charge on any atom is 0.246 e. The fraction of sp³-hybridized carbons (Fsp3) is 0.478. The summed E-state index contributed by atoms with van der Waals surface area (Å²) in [7, 11) is 0. The minimum absolute atomic E-state index is 0.0299. The first-order chi connectivity index (χ1) is 16.6. The van der Waals surface area contributed by atoms with Crippen LogP contribution < -0.4 is 10.6 Å². The number of ether oxygens (including phenoxy) is 1. The summed E-state index contributed by atoms with van der Waals surface area (Å²) in [5.41, 5.74) is 0.943. The monoisotopic (exact) mass is 545 g/mol. The van der Waals surface area contributed by atoms with Crippen molar-refractivity contribution in [2.45, 2.75) is 24.9 Å². The molecule has 2 N–H and O–H groups in total. The number of hydrogen-bond donors (Lipinski definition) is 2. The van der Waals surface area contributed by atoms with Gasteiger partial charge in [-0.1, -0.05) is 33.8 Å². The van der Waals surface area contributed by atoms with E-state index in [2.05, 4.69) is 49.1 Å². The van der Waals surface area contributed by atoms with E-state index in [1.165, 1.54) is 6.08 Å². The Balaban J connectivity index is 1.33. The van der Waals surface area contributed by atoms with Crippen molar-refractivity contribution >= 4 is 60.3 Å². The lowest BCUT2D eigenvalue weighted by Gasteiger charge is -2.32. The molecule has 2 aromatic rings. The lowest BCUT2D eigenvalue weighted by Crippen LogP contribution is -2.52. The van der Waals surface area contributed by atoms with Gasteiger partial charge in [0.15, 0.2) is 5.96 Å². The summed E-state index contributed by atoms with van der Waals surface area (Å²) < 4.78 is 7.63. The number of amidine groups is 1. The predicted molar refractivity (Wildman–Crippen MR) is 139 cm³/mol. The minimum Gasteiger partial charge on any atom is -0.379 e. The number of carbonyl (C=O) groups excluding carboxylic acids is 1. The van der Waals surface area contributed by atoms with E-state index in [4.69, 9.17) is 14.7 Å². The van der Waals surface area contributed by atoms with Crippen LogP contribution in [0.5, 0.6) is 0 Å². The number of hydrogen-bond acceptors (Lipinski definition) is 8. The number of aliphatic imine (C=N–C) groups is 2. The summed E-state index contributed by atoms with van der Waals surface area (Å²) in [4.78, 5) is 30.7. The lowest BCUT2D eigenvalue weighted by atomic mass is 10.1. The van der Waals surface area contributed by atoms with Crippen LogP contribution in [-0.4, -0.2) is 90.5 Å². The van der Waals surface area contributed by atoms with Crippen LogP contribution in [0.3, 0.4) is 0 Å². The number of nitrogens with zero attached hydrogens (tertiary/aromatic N) is 5. The van der Waals surface area contributed by atoms with E-state index in [1.807, 2.05) is 17.0 Å². The van der Waals surface area contributed by atoms with Crippen LogP contribution >= 0.6 is 27.3 Å². The number of benzene rings is 1. The highest BCUT2D eigenvalue weighted by Crippen LogP contribution is 2.30.